The van der Waals surface area contributed by atoms with Crippen molar-refractivity contribution in [2.45, 2.75) is 57.1 Å². The molecule has 128 valence electrons. The molecule has 1 aromatic rings. The molecule has 1 aromatic carbocycles. The maximum Gasteiger partial charge on any atom is 0.251 e. The van der Waals surface area contributed by atoms with E-state index in [0.29, 0.717) is 24.1 Å². The van der Waals surface area contributed by atoms with Crippen LogP contribution in [0, 0.1) is 5.92 Å². The lowest BCUT2D eigenvalue weighted by Crippen LogP contribution is -2.53. The van der Waals surface area contributed by atoms with Crippen molar-refractivity contribution >= 4 is 18.3 Å². The molecule has 4 nitrogen and oxygen atoms in total. The molecule has 1 amide bonds. The van der Waals surface area contributed by atoms with Gasteiger partial charge in [0.1, 0.15) is 5.75 Å². The Bertz CT molecular complexity index is 542. The van der Waals surface area contributed by atoms with Gasteiger partial charge in [0.15, 0.2) is 0 Å². The molecule has 2 aliphatic rings. The number of nitrogens with one attached hydrogen (secondary N) is 1. The van der Waals surface area contributed by atoms with E-state index in [1.54, 1.807) is 0 Å². The summed E-state index contributed by atoms with van der Waals surface area (Å²) in [5.74, 6) is 1.25. The Morgan fingerprint density at radius 2 is 2.00 bits per heavy atom. The normalized spacial score (nSPS) is 20.4. The topological polar surface area (TPSA) is 64.3 Å². The van der Waals surface area contributed by atoms with Crippen molar-refractivity contribution in [1.82, 2.24) is 5.32 Å². The first-order valence-electron chi connectivity index (χ1n) is 8.40. The maximum atomic E-state index is 12.5. The summed E-state index contributed by atoms with van der Waals surface area (Å²) in [6.07, 6.45) is 7.31. The van der Waals surface area contributed by atoms with Gasteiger partial charge >= 0.3 is 0 Å². The van der Waals surface area contributed by atoms with Gasteiger partial charge in [-0.2, -0.15) is 0 Å². The fraction of sp³-hybridized carbons (Fsp3) is 0.611. The highest BCUT2D eigenvalue weighted by atomic mass is 35.5. The molecule has 0 heterocycles. The van der Waals surface area contributed by atoms with Gasteiger partial charge in [0.05, 0.1) is 11.6 Å². The summed E-state index contributed by atoms with van der Waals surface area (Å²) < 4.78 is 5.98. The zero-order valence-electron chi connectivity index (χ0n) is 13.7. The minimum atomic E-state index is -0.292. The van der Waals surface area contributed by atoms with Crippen LogP contribution in [-0.2, 0) is 0 Å². The third-order valence-electron chi connectivity index (χ3n) is 5.00. The average Bonchev–Trinajstić information content (AvgIpc) is 3.27. The second-order valence-corrected chi connectivity index (χ2v) is 6.90. The van der Waals surface area contributed by atoms with Crippen molar-refractivity contribution in [2.24, 2.45) is 11.7 Å². The van der Waals surface area contributed by atoms with Crippen LogP contribution in [0.25, 0.3) is 0 Å². The Labute approximate surface area is 144 Å². The molecule has 1 unspecified atom stereocenters. The van der Waals surface area contributed by atoms with Crippen molar-refractivity contribution in [1.29, 1.82) is 0 Å². The quantitative estimate of drug-likeness (QED) is 0.836. The molecule has 0 aromatic heterocycles. The highest BCUT2D eigenvalue weighted by Crippen LogP contribution is 2.39. The average molecular weight is 339 g/mol. The summed E-state index contributed by atoms with van der Waals surface area (Å²) in [5, 5.41) is 3.12. The first-order chi connectivity index (χ1) is 10.6. The molecule has 2 aliphatic carbocycles. The van der Waals surface area contributed by atoms with E-state index in [-0.39, 0.29) is 23.9 Å². The number of carbonyl (C=O) groups is 1. The molecular weight excluding hydrogens is 312 g/mol. The third kappa shape index (κ3) is 4.39. The van der Waals surface area contributed by atoms with Gasteiger partial charge in [0, 0.05) is 12.1 Å². The number of hydrogen-bond acceptors (Lipinski definition) is 3. The van der Waals surface area contributed by atoms with Crippen LogP contribution in [0.2, 0.25) is 0 Å². The number of rotatable bonds is 6. The molecule has 0 spiro atoms. The minimum absolute atomic E-state index is 0. The number of carbonyl (C=O) groups excluding carboxylic acids is 1. The highest BCUT2D eigenvalue weighted by Gasteiger charge is 2.41. The Kier molecular flexibility index (Phi) is 5.93. The molecule has 2 fully saturated rings. The molecule has 5 heteroatoms. The van der Waals surface area contributed by atoms with E-state index < -0.39 is 0 Å². The summed E-state index contributed by atoms with van der Waals surface area (Å²) in [4.78, 5) is 12.5. The van der Waals surface area contributed by atoms with Gasteiger partial charge in [-0.15, -0.1) is 12.4 Å². The van der Waals surface area contributed by atoms with Crippen LogP contribution in [0.4, 0.5) is 0 Å². The van der Waals surface area contributed by atoms with Crippen LogP contribution >= 0.6 is 12.4 Å². The van der Waals surface area contributed by atoms with Gasteiger partial charge in [0.2, 0.25) is 0 Å². The van der Waals surface area contributed by atoms with Crippen LogP contribution in [0.5, 0.6) is 5.75 Å². The highest BCUT2D eigenvalue weighted by molar-refractivity contribution is 5.95. The van der Waals surface area contributed by atoms with Crippen LogP contribution in [-0.4, -0.2) is 24.1 Å². The smallest absolute Gasteiger partial charge is 0.251 e. The Morgan fingerprint density at radius 3 is 2.61 bits per heavy atom. The van der Waals surface area contributed by atoms with E-state index >= 15 is 0 Å². The summed E-state index contributed by atoms with van der Waals surface area (Å²) in [5.41, 5.74) is 6.23. The fourth-order valence-electron chi connectivity index (χ4n) is 3.28. The molecular formula is C18H27ClN2O2. The Hall–Kier alpha value is -1.26. The summed E-state index contributed by atoms with van der Waals surface area (Å²) in [6, 6.07) is 7.49. The van der Waals surface area contributed by atoms with Gasteiger partial charge in [-0.3, -0.25) is 4.79 Å². The second-order valence-electron chi connectivity index (χ2n) is 6.90. The fourth-order valence-corrected chi connectivity index (χ4v) is 3.28. The number of hydrogen-bond donors (Lipinski definition) is 2. The van der Waals surface area contributed by atoms with Crippen molar-refractivity contribution in [2.75, 3.05) is 6.54 Å². The molecule has 0 radical (unpaired) electrons. The van der Waals surface area contributed by atoms with Gasteiger partial charge in [-0.1, -0.05) is 6.07 Å². The maximum absolute atomic E-state index is 12.5. The summed E-state index contributed by atoms with van der Waals surface area (Å²) in [7, 11) is 0. The van der Waals surface area contributed by atoms with E-state index in [1.165, 1.54) is 12.8 Å². The van der Waals surface area contributed by atoms with Gasteiger partial charge in [-0.05, 0) is 69.6 Å². The van der Waals surface area contributed by atoms with E-state index in [4.69, 9.17) is 10.5 Å². The van der Waals surface area contributed by atoms with Crippen molar-refractivity contribution in [3.63, 3.8) is 0 Å². The van der Waals surface area contributed by atoms with Crippen LogP contribution in [0.15, 0.2) is 24.3 Å². The standard InChI is InChI=1S/C18H26N2O2.ClH/c1-18(12-19,14-9-10-14)20-17(21)13-5-4-8-16(11-13)22-15-6-2-3-7-15;/h4-5,8,11,14-15H,2-3,6-7,9-10,12,19H2,1H3,(H,20,21);1H. The minimum Gasteiger partial charge on any atom is -0.490 e. The second kappa shape index (κ2) is 7.54. The third-order valence-corrected chi connectivity index (χ3v) is 5.00. The van der Waals surface area contributed by atoms with Crippen LogP contribution in [0.1, 0.15) is 55.8 Å². The van der Waals surface area contributed by atoms with Crippen molar-refractivity contribution in [3.8, 4) is 5.75 Å². The molecule has 0 bridgehead atoms. The zero-order chi connectivity index (χ0) is 15.6. The molecule has 3 N–H and O–H groups in total. The summed E-state index contributed by atoms with van der Waals surface area (Å²) in [6.45, 7) is 2.52. The van der Waals surface area contributed by atoms with Crippen molar-refractivity contribution in [3.05, 3.63) is 29.8 Å². The predicted molar refractivity (Wildman–Crippen MR) is 94.2 cm³/mol. The van der Waals surface area contributed by atoms with E-state index in [2.05, 4.69) is 5.32 Å². The molecule has 1 atom stereocenters. The lowest BCUT2D eigenvalue weighted by molar-refractivity contribution is 0.0897. The zero-order valence-corrected chi connectivity index (χ0v) is 14.5. The number of amides is 1. The molecule has 0 saturated heterocycles. The van der Waals surface area contributed by atoms with Gasteiger partial charge < -0.3 is 15.8 Å². The predicted octanol–water partition coefficient (Wildman–Crippen LogP) is 3.29. The largest absolute Gasteiger partial charge is 0.490 e. The van der Waals surface area contributed by atoms with Crippen molar-refractivity contribution < 1.29 is 9.53 Å². The molecule has 23 heavy (non-hydrogen) atoms. The van der Waals surface area contributed by atoms with Gasteiger partial charge in [0.25, 0.3) is 5.91 Å². The van der Waals surface area contributed by atoms with E-state index in [9.17, 15) is 4.79 Å². The lowest BCUT2D eigenvalue weighted by atomic mass is 9.95. The number of halogens is 1. The first kappa shape index (κ1) is 18.1. The molecule has 3 rings (SSSR count). The summed E-state index contributed by atoms with van der Waals surface area (Å²) >= 11 is 0. The monoisotopic (exact) mass is 338 g/mol. The van der Waals surface area contributed by atoms with Crippen LogP contribution in [0.3, 0.4) is 0 Å². The van der Waals surface area contributed by atoms with E-state index in [0.717, 1.165) is 31.4 Å². The molecule has 0 aliphatic heterocycles. The van der Waals surface area contributed by atoms with Crippen LogP contribution < -0.4 is 15.8 Å². The molecule has 2 saturated carbocycles. The van der Waals surface area contributed by atoms with E-state index in [1.807, 2.05) is 31.2 Å². The number of nitrogens with two attached hydrogens (primary N) is 1. The Morgan fingerprint density at radius 1 is 1.30 bits per heavy atom. The van der Waals surface area contributed by atoms with Gasteiger partial charge in [-0.25, -0.2) is 0 Å². The number of benzene rings is 1. The Balaban J connectivity index is 0.00000192. The SMILES string of the molecule is CC(CN)(NC(=O)c1cccc(OC2CCCC2)c1)C1CC1.Cl. The lowest BCUT2D eigenvalue weighted by Gasteiger charge is -2.29. The number of ether oxygens (including phenoxy) is 1. The first-order valence-corrected chi connectivity index (χ1v) is 8.40.